The van der Waals surface area contributed by atoms with Gasteiger partial charge < -0.3 is 9.64 Å². The molecule has 0 spiro atoms. The molecule has 0 atom stereocenters. The molecular formula is C16H16N2O3S. The van der Waals surface area contributed by atoms with Gasteiger partial charge in [-0.1, -0.05) is 42.5 Å². The van der Waals surface area contributed by atoms with Crippen LogP contribution in [0, 0.1) is 0 Å². The topological polar surface area (TPSA) is 49.9 Å². The van der Waals surface area contributed by atoms with E-state index in [2.05, 4.69) is 4.74 Å². The van der Waals surface area contributed by atoms with Crippen LogP contribution in [0.25, 0.3) is 6.08 Å². The second kappa shape index (κ2) is 7.00. The third-order valence-electron chi connectivity index (χ3n) is 3.20. The average Bonchev–Trinajstić information content (AvgIpc) is 2.73. The number of likely N-dealkylation sites (N-methyl/N-ethyl adjacent to an activating group) is 1. The number of allylic oxidation sites excluding steroid dienone is 2. The van der Waals surface area contributed by atoms with E-state index in [0.29, 0.717) is 5.70 Å². The molecule has 0 unspecified atom stereocenters. The number of thiocarbonyl (C=S) groups is 1. The van der Waals surface area contributed by atoms with Gasteiger partial charge in [-0.15, -0.1) is 0 Å². The third-order valence-corrected chi connectivity index (χ3v) is 3.69. The summed E-state index contributed by atoms with van der Waals surface area (Å²) in [5.41, 5.74) is 1.45. The summed E-state index contributed by atoms with van der Waals surface area (Å²) in [6.45, 7) is -0.182. The van der Waals surface area contributed by atoms with E-state index in [0.717, 1.165) is 5.56 Å². The van der Waals surface area contributed by atoms with Gasteiger partial charge in [0.25, 0.3) is 5.91 Å². The van der Waals surface area contributed by atoms with Crippen molar-refractivity contribution in [3.8, 4) is 0 Å². The van der Waals surface area contributed by atoms with Crippen LogP contribution in [0.15, 0.2) is 48.2 Å². The number of amides is 1. The Labute approximate surface area is 134 Å². The molecule has 0 bridgehead atoms. The van der Waals surface area contributed by atoms with E-state index in [1.807, 2.05) is 36.4 Å². The molecule has 22 heavy (non-hydrogen) atoms. The van der Waals surface area contributed by atoms with Crippen LogP contribution in [0.1, 0.15) is 5.56 Å². The van der Waals surface area contributed by atoms with Crippen molar-refractivity contribution in [1.29, 1.82) is 0 Å². The molecule has 2 rings (SSSR count). The first kappa shape index (κ1) is 15.9. The predicted octanol–water partition coefficient (Wildman–Crippen LogP) is 1.82. The second-order valence-corrected chi connectivity index (χ2v) is 5.00. The number of carbonyl (C=O) groups excluding carboxylic acids is 2. The number of methoxy groups -OCH3 is 1. The van der Waals surface area contributed by atoms with Crippen LogP contribution in [-0.2, 0) is 14.3 Å². The first-order valence-corrected chi connectivity index (χ1v) is 7.05. The highest BCUT2D eigenvalue weighted by Gasteiger charge is 2.36. The molecule has 0 radical (unpaired) electrons. The zero-order chi connectivity index (χ0) is 16.1. The number of hydrogen-bond donors (Lipinski definition) is 0. The molecule has 5 nitrogen and oxygen atoms in total. The maximum absolute atomic E-state index is 12.3. The van der Waals surface area contributed by atoms with Crippen molar-refractivity contribution < 1.29 is 14.3 Å². The highest BCUT2D eigenvalue weighted by Crippen LogP contribution is 2.19. The molecule has 0 aromatic heterocycles. The minimum atomic E-state index is -0.509. The lowest BCUT2D eigenvalue weighted by Crippen LogP contribution is -2.36. The summed E-state index contributed by atoms with van der Waals surface area (Å²) in [6.07, 6.45) is 5.35. The van der Waals surface area contributed by atoms with E-state index in [4.69, 9.17) is 12.2 Å². The monoisotopic (exact) mass is 316 g/mol. The molecule has 114 valence electrons. The van der Waals surface area contributed by atoms with Crippen LogP contribution in [-0.4, -0.2) is 47.5 Å². The Morgan fingerprint density at radius 2 is 2.00 bits per heavy atom. The molecule has 1 saturated heterocycles. The molecule has 1 heterocycles. The molecule has 1 fully saturated rings. The number of hydrogen-bond acceptors (Lipinski definition) is 4. The van der Waals surface area contributed by atoms with Crippen molar-refractivity contribution in [1.82, 2.24) is 9.80 Å². The van der Waals surface area contributed by atoms with Gasteiger partial charge in [-0.2, -0.15) is 0 Å². The molecule has 1 aliphatic rings. The minimum Gasteiger partial charge on any atom is -0.468 e. The smallest absolute Gasteiger partial charge is 0.325 e. The van der Waals surface area contributed by atoms with Crippen molar-refractivity contribution in [2.45, 2.75) is 0 Å². The number of esters is 1. The van der Waals surface area contributed by atoms with Crippen LogP contribution in [0.3, 0.4) is 0 Å². The summed E-state index contributed by atoms with van der Waals surface area (Å²) in [4.78, 5) is 26.5. The highest BCUT2D eigenvalue weighted by atomic mass is 32.1. The minimum absolute atomic E-state index is 0.182. The largest absolute Gasteiger partial charge is 0.468 e. The van der Waals surface area contributed by atoms with E-state index >= 15 is 0 Å². The summed E-state index contributed by atoms with van der Waals surface area (Å²) in [5, 5.41) is 0.287. The second-order valence-electron chi connectivity index (χ2n) is 4.63. The van der Waals surface area contributed by atoms with Gasteiger partial charge >= 0.3 is 5.97 Å². The Hall–Kier alpha value is -2.47. The fraction of sp³-hybridized carbons (Fsp3) is 0.188. The Morgan fingerprint density at radius 3 is 2.64 bits per heavy atom. The van der Waals surface area contributed by atoms with Crippen molar-refractivity contribution >= 4 is 35.3 Å². The maximum atomic E-state index is 12.3. The zero-order valence-electron chi connectivity index (χ0n) is 12.4. The lowest BCUT2D eigenvalue weighted by atomic mass is 10.2. The molecule has 0 N–H and O–H groups in total. The van der Waals surface area contributed by atoms with E-state index < -0.39 is 5.97 Å². The Kier molecular flexibility index (Phi) is 5.06. The molecule has 1 aromatic rings. The average molecular weight is 316 g/mol. The van der Waals surface area contributed by atoms with Gasteiger partial charge in [0.05, 0.1) is 7.11 Å². The first-order valence-electron chi connectivity index (χ1n) is 6.64. The van der Waals surface area contributed by atoms with Gasteiger partial charge in [0.15, 0.2) is 5.11 Å². The summed E-state index contributed by atoms with van der Waals surface area (Å²) in [5.74, 6) is -0.819. The van der Waals surface area contributed by atoms with Crippen molar-refractivity contribution in [2.75, 3.05) is 20.7 Å². The molecule has 0 aliphatic carbocycles. The fourth-order valence-electron chi connectivity index (χ4n) is 1.98. The SMILES string of the molecule is COC(=O)CN1C(=O)/C(=C/C=C/c2ccccc2)N(C)C1=S. The van der Waals surface area contributed by atoms with Gasteiger partial charge in [-0.05, 0) is 23.9 Å². The van der Waals surface area contributed by atoms with E-state index in [1.165, 1.54) is 12.0 Å². The van der Waals surface area contributed by atoms with Crippen LogP contribution in [0.2, 0.25) is 0 Å². The Balaban J connectivity index is 2.15. The molecule has 1 aliphatic heterocycles. The fourth-order valence-corrected chi connectivity index (χ4v) is 2.23. The van der Waals surface area contributed by atoms with Gasteiger partial charge in [0.2, 0.25) is 0 Å². The normalized spacial score (nSPS) is 16.9. The predicted molar refractivity (Wildman–Crippen MR) is 87.6 cm³/mol. The molecule has 1 aromatic carbocycles. The standard InChI is InChI=1S/C16H16N2O3S/c1-17-13(10-6-9-12-7-4-3-5-8-12)15(20)18(16(17)22)11-14(19)21-2/h3-10H,11H2,1-2H3/b9-6+,13-10-. The zero-order valence-corrected chi connectivity index (χ0v) is 13.2. The molecule has 1 amide bonds. The van der Waals surface area contributed by atoms with Crippen LogP contribution < -0.4 is 0 Å². The van der Waals surface area contributed by atoms with Gasteiger partial charge in [-0.25, -0.2) is 0 Å². The first-order chi connectivity index (χ1) is 10.5. The van der Waals surface area contributed by atoms with Crippen molar-refractivity contribution in [3.63, 3.8) is 0 Å². The van der Waals surface area contributed by atoms with Crippen LogP contribution in [0.5, 0.6) is 0 Å². The highest BCUT2D eigenvalue weighted by molar-refractivity contribution is 7.80. The van der Waals surface area contributed by atoms with E-state index in [-0.39, 0.29) is 17.6 Å². The number of carbonyl (C=O) groups is 2. The summed E-state index contributed by atoms with van der Waals surface area (Å²) >= 11 is 5.19. The maximum Gasteiger partial charge on any atom is 0.325 e. The lowest BCUT2D eigenvalue weighted by molar-refractivity contribution is -0.143. The Bertz CT molecular complexity index is 653. The summed E-state index contributed by atoms with van der Waals surface area (Å²) < 4.78 is 4.57. The third kappa shape index (κ3) is 3.40. The van der Waals surface area contributed by atoms with Crippen molar-refractivity contribution in [2.24, 2.45) is 0 Å². The molecule has 0 saturated carbocycles. The number of ether oxygens (including phenoxy) is 1. The number of nitrogens with zero attached hydrogens (tertiary/aromatic N) is 2. The summed E-state index contributed by atoms with van der Waals surface area (Å²) in [7, 11) is 2.97. The van der Waals surface area contributed by atoms with E-state index in [9.17, 15) is 9.59 Å². The van der Waals surface area contributed by atoms with Crippen LogP contribution >= 0.6 is 12.2 Å². The van der Waals surface area contributed by atoms with Gasteiger partial charge in [-0.3, -0.25) is 14.5 Å². The van der Waals surface area contributed by atoms with Gasteiger partial charge in [0.1, 0.15) is 12.2 Å². The van der Waals surface area contributed by atoms with Crippen LogP contribution in [0.4, 0.5) is 0 Å². The lowest BCUT2D eigenvalue weighted by Gasteiger charge is -2.14. The quantitative estimate of drug-likeness (QED) is 0.482. The molecule has 6 heteroatoms. The summed E-state index contributed by atoms with van der Waals surface area (Å²) in [6, 6.07) is 9.74. The van der Waals surface area contributed by atoms with Crippen molar-refractivity contribution in [3.05, 3.63) is 53.7 Å². The number of rotatable bonds is 4. The Morgan fingerprint density at radius 1 is 1.32 bits per heavy atom. The van der Waals surface area contributed by atoms with E-state index in [1.54, 1.807) is 24.1 Å². The molecular weight excluding hydrogens is 300 g/mol. The van der Waals surface area contributed by atoms with Gasteiger partial charge in [0, 0.05) is 7.05 Å². The number of benzene rings is 1.